The van der Waals surface area contributed by atoms with Crippen LogP contribution in [0, 0.1) is 5.41 Å². The second-order valence-corrected chi connectivity index (χ2v) is 17.0. The van der Waals surface area contributed by atoms with Gasteiger partial charge in [-0.3, -0.25) is 4.79 Å². The molecule has 0 aromatic heterocycles. The van der Waals surface area contributed by atoms with Crippen LogP contribution in [0.2, 0.25) is 0 Å². The molecule has 14 N–H and O–H groups in total. The molecular weight excluding hydrogens is 814 g/mol. The number of rotatable bonds is 12. The van der Waals surface area contributed by atoms with Crippen LogP contribution in [0.4, 0.5) is 0 Å². The number of carbonyl (C=O) groups excluding carboxylic acids is 1. The molecule has 25 atom stereocenters. The average molecular weight is 878 g/mol. The fraction of sp³-hybridized carbons (Fsp3) is 0.972. The average Bonchev–Trinajstić information content (AvgIpc) is 3.19. The van der Waals surface area contributed by atoms with Crippen LogP contribution in [0.5, 0.6) is 0 Å². The minimum atomic E-state index is -2.02. The molecule has 5 fully saturated rings. The molecule has 350 valence electrons. The maximum absolute atomic E-state index is 13.0. The number of ether oxygens (including phenoxy) is 9. The molecule has 0 radical (unpaired) electrons. The topological polar surface area (TPSA) is 375 Å². The first-order valence-corrected chi connectivity index (χ1v) is 19.9. The Hall–Kier alpha value is -1.41. The highest BCUT2D eigenvalue weighted by Crippen LogP contribution is 2.39. The van der Waals surface area contributed by atoms with Gasteiger partial charge >= 0.3 is 0 Å². The summed E-state index contributed by atoms with van der Waals surface area (Å²) < 4.78 is 53.7. The van der Waals surface area contributed by atoms with Crippen LogP contribution < -0.4 is 5.32 Å². The minimum Gasteiger partial charge on any atom is -0.394 e. The van der Waals surface area contributed by atoms with Gasteiger partial charge in [-0.15, -0.1) is 0 Å². The molecule has 0 aromatic carbocycles. The monoisotopic (exact) mass is 877 g/mol. The summed E-state index contributed by atoms with van der Waals surface area (Å²) in [4.78, 5) is 13.0. The van der Waals surface area contributed by atoms with Crippen molar-refractivity contribution in [2.75, 3.05) is 19.8 Å². The van der Waals surface area contributed by atoms with E-state index in [1.807, 2.05) is 0 Å². The van der Waals surface area contributed by atoms with Crippen LogP contribution in [-0.2, 0) is 47.4 Å². The molecule has 0 spiro atoms. The van der Waals surface area contributed by atoms with E-state index in [9.17, 15) is 71.2 Å². The van der Waals surface area contributed by atoms with Gasteiger partial charge in [0.25, 0.3) is 0 Å². The molecule has 5 rings (SSSR count). The largest absolute Gasteiger partial charge is 0.394 e. The highest BCUT2D eigenvalue weighted by atomic mass is 16.8. The first-order chi connectivity index (χ1) is 28.0. The zero-order valence-electron chi connectivity index (χ0n) is 34.0. The molecule has 0 bridgehead atoms. The van der Waals surface area contributed by atoms with E-state index >= 15 is 0 Å². The Kier molecular flexibility index (Phi) is 16.7. The summed E-state index contributed by atoms with van der Waals surface area (Å²) in [5.74, 6) is -0.775. The van der Waals surface area contributed by atoms with E-state index in [4.69, 9.17) is 42.6 Å². The molecule has 0 aliphatic carbocycles. The first-order valence-electron chi connectivity index (χ1n) is 19.9. The molecule has 5 aliphatic heterocycles. The molecule has 10 unspecified atom stereocenters. The van der Waals surface area contributed by atoms with E-state index in [1.54, 1.807) is 20.8 Å². The van der Waals surface area contributed by atoms with Crippen molar-refractivity contribution in [1.82, 2.24) is 5.32 Å². The molecule has 60 heavy (non-hydrogen) atoms. The molecule has 0 saturated carbocycles. The summed E-state index contributed by atoms with van der Waals surface area (Å²) in [6.45, 7) is 6.40. The van der Waals surface area contributed by atoms with Gasteiger partial charge in [0.2, 0.25) is 5.91 Å². The molecular formula is C36H63NO23. The van der Waals surface area contributed by atoms with Crippen LogP contribution in [0.15, 0.2) is 0 Å². The summed E-state index contributed by atoms with van der Waals surface area (Å²) in [5, 5.41) is 142. The predicted octanol–water partition coefficient (Wildman–Crippen LogP) is -7.63. The molecule has 1 amide bonds. The smallest absolute Gasteiger partial charge is 0.217 e. The normalized spacial score (nSPS) is 50.6. The van der Waals surface area contributed by atoms with E-state index in [-0.39, 0.29) is 0 Å². The number of hydrogen-bond donors (Lipinski definition) is 14. The van der Waals surface area contributed by atoms with E-state index in [2.05, 4.69) is 5.32 Å². The number of carbonyl (C=O) groups is 1. The Morgan fingerprint density at radius 1 is 0.483 bits per heavy atom. The van der Waals surface area contributed by atoms with Crippen molar-refractivity contribution in [1.29, 1.82) is 0 Å². The number of aliphatic hydroxyl groups is 13. The van der Waals surface area contributed by atoms with E-state index in [0.29, 0.717) is 0 Å². The van der Waals surface area contributed by atoms with Gasteiger partial charge in [-0.2, -0.15) is 0 Å². The van der Waals surface area contributed by atoms with Gasteiger partial charge in [-0.05, 0) is 19.3 Å². The van der Waals surface area contributed by atoms with Crippen molar-refractivity contribution in [2.45, 2.75) is 195 Å². The van der Waals surface area contributed by atoms with Gasteiger partial charge in [-0.1, -0.05) is 20.8 Å². The highest BCUT2D eigenvalue weighted by Gasteiger charge is 2.58. The SMILES string of the molecule is CC(=O)NC1[C@H](O[C@@H]2C(O)[C@H](C(C)(C)C)OC(CO)[C@@H]2O)OC(CO)[C@@H](O[C@@H]2OC(C)[C@@H](O)C(O)[C@H]2O)[C@@H]1O[C@@H]1OC(CO)[C@H](O)[C@H](O)C1O[C@@H]1OC(C)[C@@H](O)[C@H](O)C1O. The summed E-state index contributed by atoms with van der Waals surface area (Å²) >= 11 is 0. The molecule has 24 nitrogen and oxygen atoms in total. The Morgan fingerprint density at radius 3 is 1.42 bits per heavy atom. The Morgan fingerprint density at radius 2 is 0.933 bits per heavy atom. The summed E-state index contributed by atoms with van der Waals surface area (Å²) in [6, 6.07) is -1.67. The molecule has 0 aromatic rings. The van der Waals surface area contributed by atoms with Crippen molar-refractivity contribution < 1.29 is 114 Å². The van der Waals surface area contributed by atoms with Crippen molar-refractivity contribution in [2.24, 2.45) is 5.41 Å². The fourth-order valence-corrected chi connectivity index (χ4v) is 8.03. The lowest BCUT2D eigenvalue weighted by molar-refractivity contribution is -0.396. The number of amides is 1. The lowest BCUT2D eigenvalue weighted by Gasteiger charge is -2.52. The molecule has 24 heteroatoms. The van der Waals surface area contributed by atoms with Crippen LogP contribution in [-0.4, -0.2) is 245 Å². The van der Waals surface area contributed by atoms with Gasteiger partial charge in [-0.25, -0.2) is 0 Å². The zero-order valence-corrected chi connectivity index (χ0v) is 34.0. The lowest BCUT2D eigenvalue weighted by atomic mass is 9.80. The van der Waals surface area contributed by atoms with Crippen molar-refractivity contribution in [3.63, 3.8) is 0 Å². The van der Waals surface area contributed by atoms with Gasteiger partial charge in [0.15, 0.2) is 25.2 Å². The second-order valence-electron chi connectivity index (χ2n) is 17.0. The van der Waals surface area contributed by atoms with Gasteiger partial charge in [0.1, 0.15) is 110 Å². The Labute approximate surface area is 345 Å². The van der Waals surface area contributed by atoms with E-state index in [0.717, 1.165) is 6.92 Å². The van der Waals surface area contributed by atoms with Gasteiger partial charge in [0, 0.05) is 6.92 Å². The third kappa shape index (κ3) is 10.3. The summed E-state index contributed by atoms with van der Waals surface area (Å²) in [5.41, 5.74) is -0.795. The second kappa shape index (κ2) is 20.2. The van der Waals surface area contributed by atoms with Gasteiger partial charge < -0.3 is 114 Å². The standard InChI is InChI=1S/C36H63NO23/c1-10-17(42)21(46)24(49)33(52-10)57-27-15(9-40)56-32(59-29-20(45)14(8-39)54-31(26(29)51)36(4,5)6)16(37-12(3)41)28(27)58-35-30(23(48)19(44)13(7-38)55-35)60-34-25(50)22(47)18(43)11(2)53-34/h10-11,13-35,38-40,42-51H,7-9H2,1-6H3,(H,37,41)/t10?,11?,13?,14?,15?,16?,17-,18-,19+,20+,21?,22+,23+,24-,25?,26?,27-,28-,29+,30?,31-,32+,33+,34+,35+/m1/s1. The Bertz CT molecular complexity index is 1380. The van der Waals surface area contributed by atoms with Crippen molar-refractivity contribution in [3.05, 3.63) is 0 Å². The summed E-state index contributed by atoms with van der Waals surface area (Å²) in [7, 11) is 0. The van der Waals surface area contributed by atoms with Crippen LogP contribution in [0.25, 0.3) is 0 Å². The first kappa shape index (κ1) is 49.6. The quantitative estimate of drug-likeness (QED) is 0.0866. The van der Waals surface area contributed by atoms with Crippen LogP contribution in [0.3, 0.4) is 0 Å². The van der Waals surface area contributed by atoms with Crippen molar-refractivity contribution >= 4 is 5.91 Å². The molecule has 5 aliphatic rings. The van der Waals surface area contributed by atoms with Crippen molar-refractivity contribution in [3.8, 4) is 0 Å². The number of nitrogens with one attached hydrogen (secondary N) is 1. The number of hydrogen-bond acceptors (Lipinski definition) is 23. The van der Waals surface area contributed by atoms with E-state index < -0.39 is 184 Å². The summed E-state index contributed by atoms with van der Waals surface area (Å²) in [6.07, 6.45) is -40.1. The Balaban J connectivity index is 1.58. The maximum atomic E-state index is 13.0. The fourth-order valence-electron chi connectivity index (χ4n) is 8.03. The highest BCUT2D eigenvalue weighted by molar-refractivity contribution is 5.73. The van der Waals surface area contributed by atoms with Crippen LogP contribution >= 0.6 is 0 Å². The molecule has 5 saturated heterocycles. The third-order valence-electron chi connectivity index (χ3n) is 11.5. The minimum absolute atomic E-state index is 0.709. The zero-order chi connectivity index (χ0) is 44.7. The lowest BCUT2D eigenvalue weighted by Crippen LogP contribution is -2.71. The predicted molar refractivity (Wildman–Crippen MR) is 193 cm³/mol. The number of aliphatic hydroxyl groups excluding tert-OH is 13. The van der Waals surface area contributed by atoms with Gasteiger partial charge in [0.05, 0.1) is 38.1 Å². The third-order valence-corrected chi connectivity index (χ3v) is 11.5. The maximum Gasteiger partial charge on any atom is 0.217 e. The van der Waals surface area contributed by atoms with Crippen LogP contribution in [0.1, 0.15) is 41.5 Å². The molecule has 5 heterocycles. The van der Waals surface area contributed by atoms with E-state index in [1.165, 1.54) is 13.8 Å².